The Hall–Kier alpha value is -1.96. The molecule has 2 nitrogen and oxygen atoms in total. The maximum Gasteiger partial charge on any atom is 0.416 e. The molecule has 0 radical (unpaired) electrons. The molecule has 0 aliphatic carbocycles. The fourth-order valence-electron chi connectivity index (χ4n) is 1.36. The van der Waals surface area contributed by atoms with E-state index < -0.39 is 17.7 Å². The number of ether oxygens (including phenoxy) is 1. The number of carbonyl (C=O) groups excluding carboxylic acids is 1. The zero-order chi connectivity index (χ0) is 14.5. The fourth-order valence-corrected chi connectivity index (χ4v) is 1.36. The molecule has 0 aliphatic rings. The fraction of sp³-hybridized carbons (Fsp3) is 0.357. The Morgan fingerprint density at radius 1 is 1.37 bits per heavy atom. The summed E-state index contributed by atoms with van der Waals surface area (Å²) in [5.41, 5.74) is 0.141. The average Bonchev–Trinajstić information content (AvgIpc) is 2.30. The van der Waals surface area contributed by atoms with Gasteiger partial charge < -0.3 is 4.74 Å². The summed E-state index contributed by atoms with van der Waals surface area (Å²) < 4.78 is 42.3. The minimum Gasteiger partial charge on any atom is -0.465 e. The molecule has 1 aromatic carbocycles. The molecule has 0 amide bonds. The summed E-state index contributed by atoms with van der Waals surface area (Å²) in [6, 6.07) is 3.34. The number of carbonyl (C=O) groups is 1. The summed E-state index contributed by atoms with van der Waals surface area (Å²) in [6.07, 6.45) is -4.53. The molecule has 0 bridgehead atoms. The maximum atomic E-state index is 12.5. The highest BCUT2D eigenvalue weighted by molar-refractivity contribution is 5.72. The van der Waals surface area contributed by atoms with Gasteiger partial charge in [-0.2, -0.15) is 13.2 Å². The predicted octanol–water partition coefficient (Wildman–Crippen LogP) is 3.32. The molecule has 0 fully saturated rings. The van der Waals surface area contributed by atoms with Crippen LogP contribution in [-0.2, 0) is 15.7 Å². The van der Waals surface area contributed by atoms with Gasteiger partial charge in [-0.15, -0.1) is 0 Å². The summed E-state index contributed by atoms with van der Waals surface area (Å²) in [5.74, 6) is 4.59. The van der Waals surface area contributed by atoms with E-state index in [1.165, 1.54) is 6.07 Å². The number of hydrogen-bond donors (Lipinski definition) is 0. The van der Waals surface area contributed by atoms with Crippen molar-refractivity contribution in [1.82, 2.24) is 0 Å². The first kappa shape index (κ1) is 15.1. The number of alkyl halides is 3. The van der Waals surface area contributed by atoms with Crippen molar-refractivity contribution >= 4 is 5.97 Å². The number of esters is 1. The normalized spacial score (nSPS) is 10.6. The lowest BCUT2D eigenvalue weighted by molar-refractivity contribution is -0.142. The van der Waals surface area contributed by atoms with Crippen LogP contribution in [0.4, 0.5) is 13.2 Å². The van der Waals surface area contributed by atoms with E-state index in [0.29, 0.717) is 5.56 Å². The first-order chi connectivity index (χ1) is 8.84. The molecule has 102 valence electrons. The molecule has 0 spiro atoms. The van der Waals surface area contributed by atoms with Crippen LogP contribution in [0, 0.1) is 18.8 Å². The van der Waals surface area contributed by atoms with Crippen LogP contribution in [-0.4, -0.2) is 12.6 Å². The van der Waals surface area contributed by atoms with Crippen molar-refractivity contribution < 1.29 is 22.7 Å². The van der Waals surface area contributed by atoms with Gasteiger partial charge in [-0.3, -0.25) is 4.79 Å². The molecule has 0 saturated carbocycles. The minimum absolute atomic E-state index is 0.135. The van der Waals surface area contributed by atoms with Crippen molar-refractivity contribution in [2.75, 3.05) is 6.61 Å². The molecule has 0 aromatic heterocycles. The zero-order valence-corrected chi connectivity index (χ0v) is 10.6. The smallest absolute Gasteiger partial charge is 0.416 e. The van der Waals surface area contributed by atoms with E-state index in [1.807, 2.05) is 0 Å². The highest BCUT2D eigenvalue weighted by atomic mass is 19.4. The standard InChI is InChI=1S/C14H13F3O2/c1-3-19-13(18)6-4-5-11-9-12(14(15,16)17)8-7-10(11)2/h7-9H,3,6H2,1-2H3. The van der Waals surface area contributed by atoms with Gasteiger partial charge in [0.1, 0.15) is 6.42 Å². The summed E-state index contributed by atoms with van der Waals surface area (Å²) in [7, 11) is 0. The third-order valence-electron chi connectivity index (χ3n) is 2.33. The van der Waals surface area contributed by atoms with Crippen LogP contribution in [0.1, 0.15) is 30.0 Å². The van der Waals surface area contributed by atoms with Crippen molar-refractivity contribution in [3.05, 3.63) is 34.9 Å². The molecule has 0 atom stereocenters. The van der Waals surface area contributed by atoms with Gasteiger partial charge in [0.25, 0.3) is 0 Å². The molecule has 0 heterocycles. The molecular formula is C14H13F3O2. The average molecular weight is 270 g/mol. The van der Waals surface area contributed by atoms with Crippen LogP contribution >= 0.6 is 0 Å². The second-order valence-corrected chi connectivity index (χ2v) is 3.81. The lowest BCUT2D eigenvalue weighted by atomic mass is 10.0. The van der Waals surface area contributed by atoms with Crippen molar-refractivity contribution in [2.24, 2.45) is 0 Å². The first-order valence-electron chi connectivity index (χ1n) is 5.67. The van der Waals surface area contributed by atoms with Gasteiger partial charge in [0.2, 0.25) is 0 Å². The summed E-state index contributed by atoms with van der Waals surface area (Å²) >= 11 is 0. The summed E-state index contributed by atoms with van der Waals surface area (Å²) in [5, 5.41) is 0. The van der Waals surface area contributed by atoms with E-state index in [-0.39, 0.29) is 18.6 Å². The molecule has 0 unspecified atom stereocenters. The minimum atomic E-state index is -4.40. The van der Waals surface area contributed by atoms with Gasteiger partial charge in [-0.05, 0) is 31.5 Å². The van der Waals surface area contributed by atoms with Gasteiger partial charge >= 0.3 is 12.1 Å². The molecule has 1 aromatic rings. The molecule has 0 saturated heterocycles. The number of halogens is 3. The van der Waals surface area contributed by atoms with Crippen LogP contribution in [0.3, 0.4) is 0 Å². The Bertz CT molecular complexity index is 522. The Morgan fingerprint density at radius 2 is 2.05 bits per heavy atom. The molecular weight excluding hydrogens is 257 g/mol. The Labute approximate surface area is 109 Å². The van der Waals surface area contributed by atoms with Crippen molar-refractivity contribution in [2.45, 2.75) is 26.4 Å². The Morgan fingerprint density at radius 3 is 2.63 bits per heavy atom. The highest BCUT2D eigenvalue weighted by Crippen LogP contribution is 2.30. The Kier molecular flexibility index (Phi) is 4.99. The third-order valence-corrected chi connectivity index (χ3v) is 2.33. The second kappa shape index (κ2) is 6.28. The number of benzene rings is 1. The highest BCUT2D eigenvalue weighted by Gasteiger charge is 2.30. The molecule has 19 heavy (non-hydrogen) atoms. The van der Waals surface area contributed by atoms with Crippen LogP contribution in [0.2, 0.25) is 0 Å². The number of aryl methyl sites for hydroxylation is 1. The lowest BCUT2D eigenvalue weighted by Crippen LogP contribution is -2.05. The molecule has 0 N–H and O–H groups in total. The summed E-state index contributed by atoms with van der Waals surface area (Å²) in [4.78, 5) is 11.0. The van der Waals surface area contributed by atoms with Crippen molar-refractivity contribution in [3.63, 3.8) is 0 Å². The summed E-state index contributed by atoms with van der Waals surface area (Å²) in [6.45, 7) is 3.58. The largest absolute Gasteiger partial charge is 0.465 e. The van der Waals surface area contributed by atoms with E-state index in [9.17, 15) is 18.0 Å². The van der Waals surface area contributed by atoms with Crippen LogP contribution in [0.5, 0.6) is 0 Å². The van der Waals surface area contributed by atoms with E-state index >= 15 is 0 Å². The van der Waals surface area contributed by atoms with Crippen LogP contribution < -0.4 is 0 Å². The van der Waals surface area contributed by atoms with E-state index in [1.54, 1.807) is 13.8 Å². The van der Waals surface area contributed by atoms with Crippen molar-refractivity contribution in [1.29, 1.82) is 0 Å². The predicted molar refractivity (Wildman–Crippen MR) is 64.3 cm³/mol. The number of hydrogen-bond acceptors (Lipinski definition) is 2. The van der Waals surface area contributed by atoms with Gasteiger partial charge in [-0.25, -0.2) is 0 Å². The quantitative estimate of drug-likeness (QED) is 0.608. The van der Waals surface area contributed by atoms with Crippen LogP contribution in [0.25, 0.3) is 0 Å². The van der Waals surface area contributed by atoms with Crippen molar-refractivity contribution in [3.8, 4) is 11.8 Å². The van der Waals surface area contributed by atoms with Gasteiger partial charge in [0.05, 0.1) is 12.2 Å². The van der Waals surface area contributed by atoms with Crippen LogP contribution in [0.15, 0.2) is 18.2 Å². The van der Waals surface area contributed by atoms with Gasteiger partial charge in [0, 0.05) is 5.56 Å². The molecule has 5 heteroatoms. The van der Waals surface area contributed by atoms with E-state index in [4.69, 9.17) is 0 Å². The van der Waals surface area contributed by atoms with Gasteiger partial charge in [0.15, 0.2) is 0 Å². The third kappa shape index (κ3) is 4.66. The Balaban J connectivity index is 2.89. The number of rotatable bonds is 2. The monoisotopic (exact) mass is 270 g/mol. The molecule has 1 rings (SSSR count). The topological polar surface area (TPSA) is 26.3 Å². The maximum absolute atomic E-state index is 12.5. The SMILES string of the molecule is CCOC(=O)CC#Cc1cc(C(F)(F)F)ccc1C. The van der Waals surface area contributed by atoms with E-state index in [0.717, 1.165) is 12.1 Å². The zero-order valence-electron chi connectivity index (χ0n) is 10.6. The second-order valence-electron chi connectivity index (χ2n) is 3.81. The van der Waals surface area contributed by atoms with Gasteiger partial charge in [-0.1, -0.05) is 17.9 Å². The molecule has 0 aliphatic heterocycles. The van der Waals surface area contributed by atoms with E-state index in [2.05, 4.69) is 16.6 Å². The lowest BCUT2D eigenvalue weighted by Gasteiger charge is -2.08. The first-order valence-corrected chi connectivity index (χ1v) is 5.67.